The van der Waals surface area contributed by atoms with Crippen molar-refractivity contribution in [3.8, 4) is 12.3 Å². The van der Waals surface area contributed by atoms with E-state index in [1.807, 2.05) is 0 Å². The van der Waals surface area contributed by atoms with Gasteiger partial charge in [-0.15, -0.1) is 6.42 Å². The quantitative estimate of drug-likeness (QED) is 0.589. The van der Waals surface area contributed by atoms with Gasteiger partial charge in [0, 0.05) is 25.1 Å². The second kappa shape index (κ2) is 5.14. The number of carbonyl (C=O) groups excluding carboxylic acids is 1. The number of terminal acetylenes is 1. The molecule has 2 saturated heterocycles. The molecule has 1 aromatic heterocycles. The van der Waals surface area contributed by atoms with Crippen molar-refractivity contribution in [2.75, 3.05) is 0 Å². The second-order valence-corrected chi connectivity index (χ2v) is 6.30. The molecular weight excluding hydrogens is 316 g/mol. The van der Waals surface area contributed by atoms with Crippen LogP contribution >= 0.6 is 0 Å². The third-order valence-electron chi connectivity index (χ3n) is 4.90. The van der Waals surface area contributed by atoms with Crippen molar-refractivity contribution in [1.29, 1.82) is 0 Å². The topological polar surface area (TPSA) is 99.6 Å². The average molecular weight is 332 g/mol. The normalized spacial score (nSPS) is 36.5. The van der Waals surface area contributed by atoms with Crippen molar-refractivity contribution in [2.24, 2.45) is 0 Å². The number of fused-ring (bicyclic) bond motifs is 1. The summed E-state index contributed by atoms with van der Waals surface area (Å²) >= 11 is 0. The molecule has 0 unspecified atom stereocenters. The molecule has 1 aliphatic carbocycles. The number of hydrogen-bond acceptors (Lipinski definition) is 6. The maximum Gasteiger partial charge on any atom is 0.330 e. The van der Waals surface area contributed by atoms with Crippen LogP contribution in [-0.2, 0) is 19.0 Å². The SMILES string of the molecule is C#C[C@@]12OC3(CCCC3)O[C@@H]1[C@@H](C=O)O[C@H]2n1ccc(=O)[nH]c1=O. The zero-order chi connectivity index (χ0) is 16.9. The van der Waals surface area contributed by atoms with Crippen LogP contribution in [0.1, 0.15) is 31.9 Å². The number of H-pyrrole nitrogens is 1. The van der Waals surface area contributed by atoms with Crippen molar-refractivity contribution >= 4 is 6.29 Å². The maximum atomic E-state index is 12.2. The van der Waals surface area contributed by atoms with Crippen molar-refractivity contribution in [3.05, 3.63) is 33.1 Å². The summed E-state index contributed by atoms with van der Waals surface area (Å²) in [6, 6.07) is 1.18. The van der Waals surface area contributed by atoms with E-state index in [-0.39, 0.29) is 0 Å². The third-order valence-corrected chi connectivity index (χ3v) is 4.90. The Morgan fingerprint density at radius 2 is 2.12 bits per heavy atom. The van der Waals surface area contributed by atoms with Gasteiger partial charge in [-0.2, -0.15) is 0 Å². The first-order valence-corrected chi connectivity index (χ1v) is 7.82. The van der Waals surface area contributed by atoms with Crippen molar-refractivity contribution < 1.29 is 19.0 Å². The zero-order valence-corrected chi connectivity index (χ0v) is 12.8. The monoisotopic (exact) mass is 332 g/mol. The van der Waals surface area contributed by atoms with Gasteiger partial charge in [0.15, 0.2) is 18.3 Å². The number of hydrogen-bond donors (Lipinski definition) is 1. The first-order valence-electron chi connectivity index (χ1n) is 7.82. The number of aromatic amines is 1. The van der Waals surface area contributed by atoms with Gasteiger partial charge in [0.05, 0.1) is 0 Å². The zero-order valence-electron chi connectivity index (χ0n) is 12.8. The van der Waals surface area contributed by atoms with E-state index in [4.69, 9.17) is 20.6 Å². The Kier molecular flexibility index (Phi) is 3.28. The number of nitrogens with one attached hydrogen (secondary N) is 1. The van der Waals surface area contributed by atoms with Crippen LogP contribution in [-0.4, -0.2) is 39.4 Å². The summed E-state index contributed by atoms with van der Waals surface area (Å²) in [4.78, 5) is 37.1. The Labute approximate surface area is 136 Å². The molecule has 1 N–H and O–H groups in total. The Hall–Kier alpha value is -2.21. The van der Waals surface area contributed by atoms with Gasteiger partial charge in [0.2, 0.25) is 5.60 Å². The molecule has 8 heteroatoms. The molecule has 1 spiro atoms. The van der Waals surface area contributed by atoms with Crippen LogP contribution in [0.4, 0.5) is 0 Å². The first-order chi connectivity index (χ1) is 11.5. The van der Waals surface area contributed by atoms with E-state index in [0.29, 0.717) is 19.1 Å². The van der Waals surface area contributed by atoms with E-state index in [1.165, 1.54) is 12.3 Å². The summed E-state index contributed by atoms with van der Waals surface area (Å²) in [5.41, 5.74) is -2.63. The van der Waals surface area contributed by atoms with E-state index >= 15 is 0 Å². The lowest BCUT2D eigenvalue weighted by Crippen LogP contribution is -2.47. The van der Waals surface area contributed by atoms with Crippen LogP contribution in [0.2, 0.25) is 0 Å². The van der Waals surface area contributed by atoms with Gasteiger partial charge < -0.3 is 19.0 Å². The molecule has 8 nitrogen and oxygen atoms in total. The minimum Gasteiger partial charge on any atom is -0.340 e. The van der Waals surface area contributed by atoms with E-state index in [2.05, 4.69) is 10.9 Å². The van der Waals surface area contributed by atoms with Crippen LogP contribution in [0.3, 0.4) is 0 Å². The second-order valence-electron chi connectivity index (χ2n) is 6.30. The van der Waals surface area contributed by atoms with Crippen LogP contribution < -0.4 is 11.2 Å². The highest BCUT2D eigenvalue weighted by Crippen LogP contribution is 2.54. The van der Waals surface area contributed by atoms with Gasteiger partial charge in [-0.25, -0.2) is 4.79 Å². The standard InChI is InChI=1S/C16H16N2O6/c1-2-16-12(23-15(24-16)6-3-4-7-15)10(9-19)22-13(16)18-8-5-11(20)17-14(18)21/h1,5,8-10,12-13H,3-4,6-7H2,(H,17,20,21)/t10-,12-,13-,16-/m1/s1. The summed E-state index contributed by atoms with van der Waals surface area (Å²) in [5.74, 6) is 1.72. The molecule has 3 fully saturated rings. The molecule has 0 radical (unpaired) electrons. The molecule has 24 heavy (non-hydrogen) atoms. The molecule has 1 saturated carbocycles. The lowest BCUT2D eigenvalue weighted by Gasteiger charge is -2.30. The lowest BCUT2D eigenvalue weighted by molar-refractivity contribution is -0.221. The summed E-state index contributed by atoms with van der Waals surface area (Å²) in [7, 11) is 0. The van der Waals surface area contributed by atoms with Crippen molar-refractivity contribution in [1.82, 2.24) is 9.55 Å². The smallest absolute Gasteiger partial charge is 0.330 e. The summed E-state index contributed by atoms with van der Waals surface area (Å²) in [6.45, 7) is 0. The van der Waals surface area contributed by atoms with Crippen molar-refractivity contribution in [2.45, 2.75) is 55.5 Å². The molecule has 1 aromatic rings. The number of aldehydes is 1. The van der Waals surface area contributed by atoms with Gasteiger partial charge in [0.1, 0.15) is 12.2 Å². The van der Waals surface area contributed by atoms with E-state index in [1.54, 1.807) is 0 Å². The Morgan fingerprint density at radius 3 is 2.75 bits per heavy atom. The van der Waals surface area contributed by atoms with E-state index in [9.17, 15) is 14.4 Å². The Bertz CT molecular complexity index is 830. The Balaban J connectivity index is 1.83. The molecule has 3 heterocycles. The molecule has 0 aromatic carbocycles. The lowest BCUT2D eigenvalue weighted by atomic mass is 9.95. The predicted octanol–water partition coefficient (Wildman–Crippen LogP) is -0.309. The molecule has 3 aliphatic rings. The largest absolute Gasteiger partial charge is 0.340 e. The molecule has 2 aliphatic heterocycles. The Morgan fingerprint density at radius 1 is 1.38 bits per heavy atom. The van der Waals surface area contributed by atoms with Gasteiger partial charge in [0.25, 0.3) is 5.56 Å². The van der Waals surface area contributed by atoms with E-state index < -0.39 is 41.1 Å². The summed E-state index contributed by atoms with van der Waals surface area (Å²) < 4.78 is 19.0. The number of nitrogens with zero attached hydrogens (tertiary/aromatic N) is 1. The number of ether oxygens (including phenoxy) is 3. The highest BCUT2D eigenvalue weighted by atomic mass is 16.8. The molecule has 126 valence electrons. The average Bonchev–Trinajstić information content (AvgIpc) is 3.22. The van der Waals surface area contributed by atoms with Crippen molar-refractivity contribution in [3.63, 3.8) is 0 Å². The highest BCUT2D eigenvalue weighted by molar-refractivity contribution is 5.59. The minimum atomic E-state index is -1.40. The van der Waals surface area contributed by atoms with Gasteiger partial charge in [-0.05, 0) is 12.8 Å². The molecule has 0 bridgehead atoms. The predicted molar refractivity (Wildman–Crippen MR) is 80.0 cm³/mol. The summed E-state index contributed by atoms with van der Waals surface area (Å²) in [6.07, 6.45) is 8.02. The maximum absolute atomic E-state index is 12.2. The fraction of sp³-hybridized carbons (Fsp3) is 0.562. The van der Waals surface area contributed by atoms with E-state index in [0.717, 1.165) is 17.4 Å². The van der Waals surface area contributed by atoms with Crippen LogP contribution in [0.25, 0.3) is 0 Å². The molecule has 4 atom stereocenters. The van der Waals surface area contributed by atoms with Gasteiger partial charge in [-0.3, -0.25) is 14.3 Å². The molecule has 0 amide bonds. The van der Waals surface area contributed by atoms with Gasteiger partial charge >= 0.3 is 5.69 Å². The number of rotatable bonds is 2. The fourth-order valence-electron chi connectivity index (χ4n) is 3.84. The minimum absolute atomic E-state index is 0.539. The molecule has 4 rings (SSSR count). The van der Waals surface area contributed by atoms with Crippen LogP contribution in [0, 0.1) is 12.3 Å². The number of aromatic nitrogens is 2. The molecular formula is C16H16N2O6. The van der Waals surface area contributed by atoms with Crippen LogP contribution in [0.15, 0.2) is 21.9 Å². The summed E-state index contributed by atoms with van der Waals surface area (Å²) in [5, 5.41) is 0. The highest BCUT2D eigenvalue weighted by Gasteiger charge is 2.68. The third kappa shape index (κ3) is 1.95. The fourth-order valence-corrected chi connectivity index (χ4v) is 3.84. The number of carbonyl (C=O) groups is 1. The van der Waals surface area contributed by atoms with Crippen LogP contribution in [0.5, 0.6) is 0 Å². The first kappa shape index (κ1) is 15.3. The van der Waals surface area contributed by atoms with Gasteiger partial charge in [-0.1, -0.05) is 5.92 Å².